The molecule has 0 aromatic carbocycles. The molecule has 1 aliphatic rings. The van der Waals surface area contributed by atoms with Crippen LogP contribution < -0.4 is 0 Å². The standard InChI is InChI=1S/C11H17F3N4/c1-17-8-15-16-10(17)7-18-4-2-9(3-5-18)6-11(12,13)14/h8-9H,2-7H2,1H3. The van der Waals surface area contributed by atoms with E-state index >= 15 is 0 Å². The molecule has 0 bridgehead atoms. The predicted molar refractivity (Wildman–Crippen MR) is 59.7 cm³/mol. The Kier molecular flexibility index (Phi) is 3.89. The van der Waals surface area contributed by atoms with Crippen molar-refractivity contribution in [1.82, 2.24) is 19.7 Å². The molecule has 7 heteroatoms. The van der Waals surface area contributed by atoms with E-state index < -0.39 is 12.6 Å². The van der Waals surface area contributed by atoms with Gasteiger partial charge >= 0.3 is 6.18 Å². The minimum atomic E-state index is -4.03. The molecule has 1 aromatic heterocycles. The molecule has 18 heavy (non-hydrogen) atoms. The maximum Gasteiger partial charge on any atom is 0.389 e. The summed E-state index contributed by atoms with van der Waals surface area (Å²) in [6.07, 6.45) is -1.83. The largest absolute Gasteiger partial charge is 0.389 e. The molecule has 0 amide bonds. The van der Waals surface area contributed by atoms with Crippen LogP contribution in [-0.2, 0) is 13.6 Å². The highest BCUT2D eigenvalue weighted by Crippen LogP contribution is 2.31. The van der Waals surface area contributed by atoms with E-state index in [1.807, 2.05) is 11.6 Å². The lowest BCUT2D eigenvalue weighted by molar-refractivity contribution is -0.147. The number of hydrogen-bond donors (Lipinski definition) is 0. The zero-order valence-electron chi connectivity index (χ0n) is 10.3. The van der Waals surface area contributed by atoms with Crippen LogP contribution in [0.25, 0.3) is 0 Å². The van der Waals surface area contributed by atoms with Crippen LogP contribution in [0.4, 0.5) is 13.2 Å². The van der Waals surface area contributed by atoms with Gasteiger partial charge in [0.2, 0.25) is 0 Å². The fourth-order valence-electron chi connectivity index (χ4n) is 2.33. The Balaban J connectivity index is 1.79. The van der Waals surface area contributed by atoms with Crippen LogP contribution >= 0.6 is 0 Å². The Morgan fingerprint density at radius 3 is 2.50 bits per heavy atom. The third-order valence-corrected chi connectivity index (χ3v) is 3.40. The van der Waals surface area contributed by atoms with Gasteiger partial charge < -0.3 is 4.57 Å². The van der Waals surface area contributed by atoms with Gasteiger partial charge in [-0.15, -0.1) is 10.2 Å². The first-order valence-corrected chi connectivity index (χ1v) is 6.06. The Bertz CT molecular complexity index is 380. The Labute approximate surface area is 104 Å². The minimum absolute atomic E-state index is 0.222. The van der Waals surface area contributed by atoms with Crippen molar-refractivity contribution in [2.75, 3.05) is 13.1 Å². The molecule has 0 radical (unpaired) electrons. The van der Waals surface area contributed by atoms with Crippen LogP contribution in [0, 0.1) is 5.92 Å². The molecule has 2 rings (SSSR count). The van der Waals surface area contributed by atoms with Crippen molar-refractivity contribution < 1.29 is 13.2 Å². The summed E-state index contributed by atoms with van der Waals surface area (Å²) in [6, 6.07) is 0. The number of aromatic nitrogens is 3. The molecule has 0 atom stereocenters. The first kappa shape index (κ1) is 13.3. The molecule has 0 unspecified atom stereocenters. The predicted octanol–water partition coefficient (Wildman–Crippen LogP) is 1.98. The number of hydrogen-bond acceptors (Lipinski definition) is 3. The molecule has 0 spiro atoms. The van der Waals surface area contributed by atoms with Crippen LogP contribution in [0.1, 0.15) is 25.1 Å². The van der Waals surface area contributed by atoms with Crippen LogP contribution in [0.3, 0.4) is 0 Å². The fraction of sp³-hybridized carbons (Fsp3) is 0.818. The van der Waals surface area contributed by atoms with E-state index in [2.05, 4.69) is 15.1 Å². The highest BCUT2D eigenvalue weighted by Gasteiger charge is 2.33. The van der Waals surface area contributed by atoms with Crippen molar-refractivity contribution in [2.24, 2.45) is 13.0 Å². The highest BCUT2D eigenvalue weighted by atomic mass is 19.4. The van der Waals surface area contributed by atoms with Gasteiger partial charge in [-0.25, -0.2) is 0 Å². The van der Waals surface area contributed by atoms with E-state index in [0.717, 1.165) is 5.82 Å². The van der Waals surface area contributed by atoms with E-state index in [-0.39, 0.29) is 5.92 Å². The maximum absolute atomic E-state index is 12.3. The van der Waals surface area contributed by atoms with Crippen molar-refractivity contribution in [3.05, 3.63) is 12.2 Å². The lowest BCUT2D eigenvalue weighted by Gasteiger charge is -2.31. The van der Waals surface area contributed by atoms with Crippen molar-refractivity contribution in [2.45, 2.75) is 32.0 Å². The summed E-state index contributed by atoms with van der Waals surface area (Å²) in [5.74, 6) is 0.630. The van der Waals surface area contributed by atoms with Gasteiger partial charge in [-0.3, -0.25) is 4.90 Å². The summed E-state index contributed by atoms with van der Waals surface area (Å²) in [7, 11) is 1.87. The number of alkyl halides is 3. The number of rotatable bonds is 3. The van der Waals surface area contributed by atoms with E-state index in [1.54, 1.807) is 6.33 Å². The lowest BCUT2D eigenvalue weighted by atomic mass is 9.93. The summed E-state index contributed by atoms with van der Waals surface area (Å²) in [5.41, 5.74) is 0. The average molecular weight is 262 g/mol. The molecule has 1 aromatic rings. The lowest BCUT2D eigenvalue weighted by Crippen LogP contribution is -2.35. The molecule has 0 aliphatic carbocycles. The molecule has 1 saturated heterocycles. The topological polar surface area (TPSA) is 34.0 Å². The Morgan fingerprint density at radius 1 is 1.33 bits per heavy atom. The second-order valence-corrected chi connectivity index (χ2v) is 4.90. The van der Waals surface area contributed by atoms with Gasteiger partial charge in [-0.1, -0.05) is 0 Å². The van der Waals surface area contributed by atoms with Crippen LogP contribution in [0.15, 0.2) is 6.33 Å². The molecule has 0 saturated carbocycles. The second kappa shape index (κ2) is 5.26. The van der Waals surface area contributed by atoms with Gasteiger partial charge in [0.05, 0.1) is 6.54 Å². The minimum Gasteiger partial charge on any atom is -0.320 e. The molecular formula is C11H17F3N4. The zero-order chi connectivity index (χ0) is 13.2. The van der Waals surface area contributed by atoms with Gasteiger partial charge in [-0.2, -0.15) is 13.2 Å². The van der Waals surface area contributed by atoms with Gasteiger partial charge in [0.1, 0.15) is 12.2 Å². The highest BCUT2D eigenvalue weighted by molar-refractivity contribution is 4.86. The molecule has 4 nitrogen and oxygen atoms in total. The van der Waals surface area contributed by atoms with E-state index in [4.69, 9.17) is 0 Å². The summed E-state index contributed by atoms with van der Waals surface area (Å²) in [5, 5.41) is 7.77. The zero-order valence-corrected chi connectivity index (χ0v) is 10.3. The number of halogens is 3. The molecule has 102 valence electrons. The number of aryl methyl sites for hydroxylation is 1. The van der Waals surface area contributed by atoms with Gasteiger partial charge in [0, 0.05) is 13.5 Å². The summed E-state index contributed by atoms with van der Waals surface area (Å²) < 4.78 is 38.6. The summed E-state index contributed by atoms with van der Waals surface area (Å²) in [6.45, 7) is 2.07. The smallest absolute Gasteiger partial charge is 0.320 e. The Hall–Kier alpha value is -1.11. The van der Waals surface area contributed by atoms with Gasteiger partial charge in [0.15, 0.2) is 0 Å². The van der Waals surface area contributed by atoms with E-state index in [9.17, 15) is 13.2 Å². The monoisotopic (exact) mass is 262 g/mol. The third kappa shape index (κ3) is 3.69. The van der Waals surface area contributed by atoms with Crippen molar-refractivity contribution in [3.8, 4) is 0 Å². The third-order valence-electron chi connectivity index (χ3n) is 3.40. The molecule has 2 heterocycles. The second-order valence-electron chi connectivity index (χ2n) is 4.90. The SMILES string of the molecule is Cn1cnnc1CN1CCC(CC(F)(F)F)CC1. The molecular weight excluding hydrogens is 245 g/mol. The van der Waals surface area contributed by atoms with Crippen LogP contribution in [0.2, 0.25) is 0 Å². The molecule has 1 aliphatic heterocycles. The quantitative estimate of drug-likeness (QED) is 0.835. The van der Waals surface area contributed by atoms with E-state index in [1.165, 1.54) is 0 Å². The van der Waals surface area contributed by atoms with Crippen molar-refractivity contribution in [1.29, 1.82) is 0 Å². The Morgan fingerprint density at radius 2 is 2.00 bits per heavy atom. The average Bonchev–Trinajstić information content (AvgIpc) is 2.65. The maximum atomic E-state index is 12.3. The summed E-state index contributed by atoms with van der Waals surface area (Å²) >= 11 is 0. The van der Waals surface area contributed by atoms with E-state index in [0.29, 0.717) is 32.5 Å². The number of likely N-dealkylation sites (tertiary alicyclic amines) is 1. The first-order valence-electron chi connectivity index (χ1n) is 6.06. The molecule has 1 fully saturated rings. The van der Waals surface area contributed by atoms with Crippen LogP contribution in [0.5, 0.6) is 0 Å². The van der Waals surface area contributed by atoms with Gasteiger partial charge in [-0.05, 0) is 31.8 Å². The molecule has 0 N–H and O–H groups in total. The summed E-state index contributed by atoms with van der Waals surface area (Å²) in [4.78, 5) is 2.14. The van der Waals surface area contributed by atoms with Gasteiger partial charge in [0.25, 0.3) is 0 Å². The fourth-order valence-corrected chi connectivity index (χ4v) is 2.33. The number of nitrogens with zero attached hydrogens (tertiary/aromatic N) is 4. The normalized spacial score (nSPS) is 19.3. The van der Waals surface area contributed by atoms with Crippen molar-refractivity contribution in [3.63, 3.8) is 0 Å². The van der Waals surface area contributed by atoms with Crippen molar-refractivity contribution >= 4 is 0 Å². The van der Waals surface area contributed by atoms with Crippen LogP contribution in [-0.4, -0.2) is 38.9 Å². The number of piperidine rings is 1. The first-order chi connectivity index (χ1) is 8.44.